The van der Waals surface area contributed by atoms with Gasteiger partial charge in [0.05, 0.1) is 17.0 Å². The molecule has 2 aromatic rings. The molecule has 0 unspecified atom stereocenters. The fraction of sp³-hybridized carbons (Fsp3) is 0.125. The van der Waals surface area contributed by atoms with Crippen molar-refractivity contribution in [1.29, 1.82) is 0 Å². The molecule has 0 aromatic heterocycles. The van der Waals surface area contributed by atoms with Gasteiger partial charge in [-0.05, 0) is 35.9 Å². The highest BCUT2D eigenvalue weighted by atomic mass is 35.5. The van der Waals surface area contributed by atoms with E-state index in [-0.39, 0.29) is 22.8 Å². The number of alkyl halides is 3. The third kappa shape index (κ3) is 5.68. The molecule has 9 heteroatoms. The van der Waals surface area contributed by atoms with Crippen LogP contribution in [0.25, 0.3) is 0 Å². The zero-order valence-electron chi connectivity index (χ0n) is 12.6. The highest BCUT2D eigenvalue weighted by molar-refractivity contribution is 6.34. The molecule has 0 atom stereocenters. The number of anilines is 1. The molecule has 0 spiro atoms. The van der Waals surface area contributed by atoms with Gasteiger partial charge < -0.3 is 15.8 Å². The number of hydrogen-bond acceptors (Lipinski definition) is 3. The van der Waals surface area contributed by atoms with Crippen molar-refractivity contribution < 1.29 is 27.5 Å². The summed E-state index contributed by atoms with van der Waals surface area (Å²) in [5.74, 6) is -1.47. The first-order valence-corrected chi connectivity index (χ1v) is 7.26. The minimum absolute atomic E-state index is 0.0680. The smallest absolute Gasteiger partial charge is 0.406 e. The second-order valence-electron chi connectivity index (χ2n) is 4.98. The lowest BCUT2D eigenvalue weighted by Crippen LogP contribution is -2.17. The summed E-state index contributed by atoms with van der Waals surface area (Å²) in [6.07, 6.45) is -4.84. The Morgan fingerprint density at radius 3 is 2.28 bits per heavy atom. The van der Waals surface area contributed by atoms with Crippen molar-refractivity contribution in [2.45, 2.75) is 12.8 Å². The maximum Gasteiger partial charge on any atom is 0.573 e. The average molecular weight is 373 g/mol. The number of nitrogens with two attached hydrogens (primary N) is 1. The van der Waals surface area contributed by atoms with Gasteiger partial charge in [-0.3, -0.25) is 9.59 Å². The number of nitrogens with one attached hydrogen (secondary N) is 1. The van der Waals surface area contributed by atoms with Crippen LogP contribution in [0.1, 0.15) is 15.9 Å². The van der Waals surface area contributed by atoms with Gasteiger partial charge in [-0.1, -0.05) is 23.7 Å². The quantitative estimate of drug-likeness (QED) is 0.842. The summed E-state index contributed by atoms with van der Waals surface area (Å²) in [5, 5.41) is 2.66. The topological polar surface area (TPSA) is 81.4 Å². The highest BCUT2D eigenvalue weighted by Gasteiger charge is 2.30. The normalized spacial score (nSPS) is 11.0. The van der Waals surface area contributed by atoms with Gasteiger partial charge in [-0.2, -0.15) is 0 Å². The Morgan fingerprint density at radius 1 is 1.12 bits per heavy atom. The van der Waals surface area contributed by atoms with Crippen LogP contribution in [0, 0.1) is 0 Å². The van der Waals surface area contributed by atoms with Crippen LogP contribution < -0.4 is 15.8 Å². The Morgan fingerprint density at radius 2 is 1.76 bits per heavy atom. The van der Waals surface area contributed by atoms with Crippen molar-refractivity contribution in [3.63, 3.8) is 0 Å². The summed E-state index contributed by atoms with van der Waals surface area (Å²) in [6.45, 7) is 0. The van der Waals surface area contributed by atoms with Gasteiger partial charge in [0.1, 0.15) is 5.75 Å². The average Bonchev–Trinajstić information content (AvgIpc) is 2.47. The summed E-state index contributed by atoms with van der Waals surface area (Å²) in [4.78, 5) is 23.0. The minimum Gasteiger partial charge on any atom is -0.406 e. The van der Waals surface area contributed by atoms with Gasteiger partial charge >= 0.3 is 6.36 Å². The molecule has 5 nitrogen and oxygen atoms in total. The third-order valence-electron chi connectivity index (χ3n) is 3.04. The minimum atomic E-state index is -4.77. The van der Waals surface area contributed by atoms with Gasteiger partial charge in [-0.25, -0.2) is 0 Å². The Balaban J connectivity index is 1.98. The van der Waals surface area contributed by atoms with Crippen LogP contribution >= 0.6 is 11.6 Å². The first-order chi connectivity index (χ1) is 11.6. The van der Waals surface area contributed by atoms with E-state index in [0.717, 1.165) is 12.1 Å². The second kappa shape index (κ2) is 7.43. The van der Waals surface area contributed by atoms with E-state index >= 15 is 0 Å². The molecule has 0 saturated carbocycles. The van der Waals surface area contributed by atoms with Crippen LogP contribution in [0.2, 0.25) is 5.02 Å². The Bertz CT molecular complexity index is 792. The predicted octanol–water partition coefficient (Wildman–Crippen LogP) is 3.52. The molecule has 2 amide bonds. The molecular weight excluding hydrogens is 361 g/mol. The first kappa shape index (κ1) is 18.6. The highest BCUT2D eigenvalue weighted by Crippen LogP contribution is 2.23. The van der Waals surface area contributed by atoms with Gasteiger partial charge in [0, 0.05) is 5.69 Å². The maximum atomic E-state index is 12.1. The third-order valence-corrected chi connectivity index (χ3v) is 3.35. The van der Waals surface area contributed by atoms with Crippen LogP contribution in [0.4, 0.5) is 18.9 Å². The molecule has 132 valence electrons. The zero-order chi connectivity index (χ0) is 18.6. The van der Waals surface area contributed by atoms with Gasteiger partial charge in [0.2, 0.25) is 11.8 Å². The van der Waals surface area contributed by atoms with E-state index in [1.54, 1.807) is 0 Å². The van der Waals surface area contributed by atoms with Crippen molar-refractivity contribution in [3.05, 3.63) is 58.6 Å². The number of primary amides is 1. The standard InChI is InChI=1S/C16H12ClF3N2O3/c17-13-8-10(3-6-12(13)15(21)24)22-14(23)7-9-1-4-11(5-2-9)25-16(18,19)20/h1-6,8H,7H2,(H2,21,24)(H,22,23). The van der Waals surface area contributed by atoms with Gasteiger partial charge in [0.25, 0.3) is 0 Å². The van der Waals surface area contributed by atoms with Crippen LogP contribution in [0.3, 0.4) is 0 Å². The molecule has 2 rings (SSSR count). The molecule has 3 N–H and O–H groups in total. The number of halogens is 4. The molecule has 2 aromatic carbocycles. The van der Waals surface area contributed by atoms with Gasteiger partial charge in [-0.15, -0.1) is 13.2 Å². The van der Waals surface area contributed by atoms with E-state index in [9.17, 15) is 22.8 Å². The number of amides is 2. The van der Waals surface area contributed by atoms with E-state index in [4.69, 9.17) is 17.3 Å². The SMILES string of the molecule is NC(=O)c1ccc(NC(=O)Cc2ccc(OC(F)(F)F)cc2)cc1Cl. The molecular formula is C16H12ClF3N2O3. The van der Waals surface area contributed by atoms with Crippen LogP contribution in [-0.4, -0.2) is 18.2 Å². The summed E-state index contributed by atoms with van der Waals surface area (Å²) >= 11 is 5.88. The summed E-state index contributed by atoms with van der Waals surface area (Å²) < 4.78 is 40.0. The van der Waals surface area contributed by atoms with E-state index in [0.29, 0.717) is 11.3 Å². The van der Waals surface area contributed by atoms with Crippen molar-refractivity contribution in [2.24, 2.45) is 5.73 Å². The first-order valence-electron chi connectivity index (χ1n) is 6.88. The fourth-order valence-electron chi connectivity index (χ4n) is 1.99. The zero-order valence-corrected chi connectivity index (χ0v) is 13.3. The predicted molar refractivity (Wildman–Crippen MR) is 85.4 cm³/mol. The lowest BCUT2D eigenvalue weighted by Gasteiger charge is -2.10. The molecule has 0 aliphatic carbocycles. The lowest BCUT2D eigenvalue weighted by atomic mass is 10.1. The van der Waals surface area contributed by atoms with Crippen molar-refractivity contribution in [3.8, 4) is 5.75 Å². The summed E-state index contributed by atoms with van der Waals surface area (Å²) in [6, 6.07) is 9.16. The van der Waals surface area contributed by atoms with E-state index in [2.05, 4.69) is 10.1 Å². The molecule has 0 aliphatic heterocycles. The summed E-state index contributed by atoms with van der Waals surface area (Å²) in [7, 11) is 0. The summed E-state index contributed by atoms with van der Waals surface area (Å²) in [5.41, 5.74) is 6.10. The fourth-order valence-corrected chi connectivity index (χ4v) is 2.27. The Kier molecular flexibility index (Phi) is 5.53. The molecule has 0 bridgehead atoms. The molecule has 0 fully saturated rings. The van der Waals surface area contributed by atoms with Gasteiger partial charge in [0.15, 0.2) is 0 Å². The van der Waals surface area contributed by atoms with Crippen LogP contribution in [0.15, 0.2) is 42.5 Å². The largest absolute Gasteiger partial charge is 0.573 e. The molecule has 25 heavy (non-hydrogen) atoms. The van der Waals surface area contributed by atoms with Crippen LogP contribution in [0.5, 0.6) is 5.75 Å². The van der Waals surface area contributed by atoms with Crippen molar-refractivity contribution >= 4 is 29.1 Å². The van der Waals surface area contributed by atoms with E-state index in [1.165, 1.54) is 30.3 Å². The van der Waals surface area contributed by atoms with E-state index in [1.807, 2.05) is 0 Å². The number of ether oxygens (including phenoxy) is 1. The number of carbonyl (C=O) groups is 2. The van der Waals surface area contributed by atoms with E-state index < -0.39 is 18.2 Å². The Labute approximate surface area is 145 Å². The monoisotopic (exact) mass is 372 g/mol. The maximum absolute atomic E-state index is 12.1. The van der Waals surface area contributed by atoms with Crippen LogP contribution in [-0.2, 0) is 11.2 Å². The molecule has 0 aliphatic rings. The van der Waals surface area contributed by atoms with Crippen molar-refractivity contribution in [2.75, 3.05) is 5.32 Å². The molecule has 0 heterocycles. The number of hydrogen-bond donors (Lipinski definition) is 2. The number of carbonyl (C=O) groups excluding carboxylic acids is 2. The molecule has 0 radical (unpaired) electrons. The van der Waals surface area contributed by atoms with Crippen molar-refractivity contribution in [1.82, 2.24) is 0 Å². The number of rotatable bonds is 5. The lowest BCUT2D eigenvalue weighted by molar-refractivity contribution is -0.274. The number of benzene rings is 2. The Hall–Kier alpha value is -2.74. The molecule has 0 saturated heterocycles. The second-order valence-corrected chi connectivity index (χ2v) is 5.38.